The summed E-state index contributed by atoms with van der Waals surface area (Å²) in [6.45, 7) is 0. The molecule has 0 radical (unpaired) electrons. The molecule has 0 aromatic carbocycles. The van der Waals surface area contributed by atoms with Gasteiger partial charge in [-0.1, -0.05) is 6.08 Å². The molecule has 0 atom stereocenters. The van der Waals surface area contributed by atoms with Crippen LogP contribution in [-0.2, 0) is 10.0 Å². The van der Waals surface area contributed by atoms with E-state index in [1.807, 2.05) is 0 Å². The molecule has 0 saturated heterocycles. The molecule has 0 amide bonds. The zero-order valence-electron chi connectivity index (χ0n) is 4.53. The molecule has 0 bridgehead atoms. The fourth-order valence-corrected chi connectivity index (χ4v) is 1.36. The predicted octanol–water partition coefficient (Wildman–Crippen LogP) is -0.225. The lowest BCUT2D eigenvalue weighted by atomic mass is 10.7. The Kier molecular flexibility index (Phi) is 1.04. The van der Waals surface area contributed by atoms with Gasteiger partial charge in [-0.05, 0) is 0 Å². The molecule has 3 nitrogen and oxygen atoms in total. The van der Waals surface area contributed by atoms with Crippen molar-refractivity contribution in [3.05, 3.63) is 12.3 Å². The quantitative estimate of drug-likeness (QED) is 0.458. The second-order valence-corrected chi connectivity index (χ2v) is 3.75. The zero-order chi connectivity index (χ0) is 6.20. The molecule has 0 spiro atoms. The second-order valence-electron chi connectivity index (χ2n) is 1.68. The van der Waals surface area contributed by atoms with E-state index in [0.717, 1.165) is 0 Å². The first-order valence-electron chi connectivity index (χ1n) is 2.25. The van der Waals surface area contributed by atoms with Crippen LogP contribution in [0.2, 0.25) is 0 Å². The molecule has 1 heterocycles. The second kappa shape index (κ2) is 1.48. The first-order chi connectivity index (χ1) is 3.63. The number of nitrogens with zero attached hydrogens (tertiary/aromatic N) is 1. The predicted molar refractivity (Wildman–Crippen MR) is 30.7 cm³/mol. The summed E-state index contributed by atoms with van der Waals surface area (Å²) in [6.07, 6.45) is 3.17. The minimum absolute atomic E-state index is 0.156. The van der Waals surface area contributed by atoms with E-state index in [1.165, 1.54) is 11.4 Å². The summed E-state index contributed by atoms with van der Waals surface area (Å²) in [4.78, 5) is 0. The topological polar surface area (TPSA) is 37.4 Å². The highest BCUT2D eigenvalue weighted by Crippen LogP contribution is 2.05. The lowest BCUT2D eigenvalue weighted by Crippen LogP contribution is -2.17. The van der Waals surface area contributed by atoms with Gasteiger partial charge in [0.1, 0.15) is 0 Å². The van der Waals surface area contributed by atoms with Gasteiger partial charge < -0.3 is 0 Å². The molecule has 1 aliphatic rings. The Labute approximate surface area is 48.7 Å². The van der Waals surface area contributed by atoms with E-state index in [9.17, 15) is 8.42 Å². The Bertz CT molecular complexity index is 204. The Balaban J connectivity index is 2.96. The van der Waals surface area contributed by atoms with Gasteiger partial charge in [-0.15, -0.1) is 0 Å². The Morgan fingerprint density at radius 2 is 2.25 bits per heavy atom. The van der Waals surface area contributed by atoms with Crippen molar-refractivity contribution in [3.8, 4) is 0 Å². The van der Waals surface area contributed by atoms with Gasteiger partial charge >= 0.3 is 0 Å². The van der Waals surface area contributed by atoms with E-state index in [1.54, 1.807) is 12.3 Å². The van der Waals surface area contributed by atoms with Gasteiger partial charge in [-0.2, -0.15) is 0 Å². The van der Waals surface area contributed by atoms with Crippen molar-refractivity contribution in [1.82, 2.24) is 4.31 Å². The largest absolute Gasteiger partial charge is 0.280 e. The third kappa shape index (κ3) is 0.709. The molecule has 0 saturated carbocycles. The summed E-state index contributed by atoms with van der Waals surface area (Å²) in [5, 5.41) is 0. The van der Waals surface area contributed by atoms with Crippen LogP contribution >= 0.6 is 0 Å². The highest BCUT2D eigenvalue weighted by Gasteiger charge is 2.16. The zero-order valence-corrected chi connectivity index (χ0v) is 5.35. The third-order valence-electron chi connectivity index (χ3n) is 1.06. The van der Waals surface area contributed by atoms with Crippen molar-refractivity contribution in [1.29, 1.82) is 0 Å². The SMILES string of the molecule is CN1C=CCS1(=O)=O. The van der Waals surface area contributed by atoms with Crippen LogP contribution in [0.5, 0.6) is 0 Å². The van der Waals surface area contributed by atoms with Crippen molar-refractivity contribution < 1.29 is 8.42 Å². The normalized spacial score (nSPS) is 24.4. The van der Waals surface area contributed by atoms with Crippen LogP contribution in [0.1, 0.15) is 0 Å². The molecule has 0 aromatic heterocycles. The van der Waals surface area contributed by atoms with E-state index in [0.29, 0.717) is 0 Å². The summed E-state index contributed by atoms with van der Waals surface area (Å²) in [6, 6.07) is 0. The van der Waals surface area contributed by atoms with E-state index >= 15 is 0 Å². The highest BCUT2D eigenvalue weighted by atomic mass is 32.2. The average molecular weight is 133 g/mol. The van der Waals surface area contributed by atoms with Gasteiger partial charge in [0.2, 0.25) is 10.0 Å². The monoisotopic (exact) mass is 133 g/mol. The fourth-order valence-electron chi connectivity index (χ4n) is 0.523. The Morgan fingerprint density at radius 3 is 2.38 bits per heavy atom. The van der Waals surface area contributed by atoms with Gasteiger partial charge in [-0.25, -0.2) is 8.42 Å². The van der Waals surface area contributed by atoms with Gasteiger partial charge in [0.25, 0.3) is 0 Å². The first kappa shape index (κ1) is 5.62. The number of sulfonamides is 1. The molecule has 0 fully saturated rings. The Hall–Kier alpha value is -0.510. The van der Waals surface area contributed by atoms with Crippen molar-refractivity contribution in [2.45, 2.75) is 0 Å². The van der Waals surface area contributed by atoms with Crippen LogP contribution in [0.25, 0.3) is 0 Å². The van der Waals surface area contributed by atoms with Crippen LogP contribution in [0.4, 0.5) is 0 Å². The summed E-state index contributed by atoms with van der Waals surface area (Å²) >= 11 is 0. The van der Waals surface area contributed by atoms with Crippen molar-refractivity contribution in [3.63, 3.8) is 0 Å². The van der Waals surface area contributed by atoms with Crippen molar-refractivity contribution in [2.75, 3.05) is 12.8 Å². The molecule has 8 heavy (non-hydrogen) atoms. The lowest BCUT2D eigenvalue weighted by Gasteiger charge is -2.04. The third-order valence-corrected chi connectivity index (χ3v) is 2.67. The molecular formula is C4H7NO2S. The standard InChI is InChI=1S/C4H7NO2S/c1-5-3-2-4-8(5,6)7/h2-3H,4H2,1H3. The van der Waals surface area contributed by atoms with Gasteiger partial charge in [0.05, 0.1) is 5.75 Å². The summed E-state index contributed by atoms with van der Waals surface area (Å²) in [5.41, 5.74) is 0. The van der Waals surface area contributed by atoms with Crippen molar-refractivity contribution >= 4 is 10.0 Å². The number of hydrogen-bond donors (Lipinski definition) is 0. The maximum absolute atomic E-state index is 10.6. The highest BCUT2D eigenvalue weighted by molar-refractivity contribution is 7.89. The number of rotatable bonds is 0. The molecule has 1 rings (SSSR count). The molecule has 0 aromatic rings. The lowest BCUT2D eigenvalue weighted by molar-refractivity contribution is 0.550. The molecule has 0 N–H and O–H groups in total. The van der Waals surface area contributed by atoms with Crippen LogP contribution in [0, 0.1) is 0 Å². The van der Waals surface area contributed by atoms with Crippen molar-refractivity contribution in [2.24, 2.45) is 0 Å². The van der Waals surface area contributed by atoms with Gasteiger partial charge in [0.15, 0.2) is 0 Å². The fraction of sp³-hybridized carbons (Fsp3) is 0.500. The average Bonchev–Trinajstić information content (AvgIpc) is 1.86. The van der Waals surface area contributed by atoms with E-state index in [4.69, 9.17) is 0 Å². The maximum atomic E-state index is 10.6. The molecule has 0 unspecified atom stereocenters. The van der Waals surface area contributed by atoms with Crippen LogP contribution in [0.3, 0.4) is 0 Å². The summed E-state index contributed by atoms with van der Waals surface area (Å²) < 4.78 is 22.5. The van der Waals surface area contributed by atoms with E-state index < -0.39 is 10.0 Å². The summed E-state index contributed by atoms with van der Waals surface area (Å²) in [7, 11) is -1.38. The first-order valence-corrected chi connectivity index (χ1v) is 3.86. The molecule has 4 heteroatoms. The molecule has 0 aliphatic carbocycles. The molecular weight excluding hydrogens is 126 g/mol. The molecule has 46 valence electrons. The molecule has 1 aliphatic heterocycles. The van der Waals surface area contributed by atoms with Crippen LogP contribution < -0.4 is 0 Å². The Morgan fingerprint density at radius 1 is 1.62 bits per heavy atom. The minimum Gasteiger partial charge on any atom is -0.280 e. The number of hydrogen-bond acceptors (Lipinski definition) is 2. The maximum Gasteiger partial charge on any atom is 0.238 e. The van der Waals surface area contributed by atoms with Crippen LogP contribution in [-0.4, -0.2) is 25.5 Å². The summed E-state index contributed by atoms with van der Waals surface area (Å²) in [5.74, 6) is 0.156. The smallest absolute Gasteiger partial charge is 0.238 e. The van der Waals surface area contributed by atoms with Gasteiger partial charge in [-0.3, -0.25) is 4.31 Å². The van der Waals surface area contributed by atoms with E-state index in [-0.39, 0.29) is 5.75 Å². The van der Waals surface area contributed by atoms with Gasteiger partial charge in [0, 0.05) is 13.2 Å². The minimum atomic E-state index is -2.90. The van der Waals surface area contributed by atoms with E-state index in [2.05, 4.69) is 0 Å². The van der Waals surface area contributed by atoms with Crippen LogP contribution in [0.15, 0.2) is 12.3 Å².